The van der Waals surface area contributed by atoms with Crippen LogP contribution in [0.5, 0.6) is 0 Å². The first-order chi connectivity index (χ1) is 9.56. The number of aryl methyl sites for hydroxylation is 1. The highest BCUT2D eigenvalue weighted by Gasteiger charge is 2.12. The van der Waals surface area contributed by atoms with E-state index in [0.29, 0.717) is 15.6 Å². The van der Waals surface area contributed by atoms with Gasteiger partial charge < -0.3 is 10.1 Å². The van der Waals surface area contributed by atoms with E-state index in [0.717, 1.165) is 5.56 Å². The first-order valence-electron chi connectivity index (χ1n) is 5.83. The summed E-state index contributed by atoms with van der Waals surface area (Å²) in [6.07, 6.45) is 0. The van der Waals surface area contributed by atoms with Gasteiger partial charge in [0.05, 0.1) is 10.7 Å². The number of nitrogens with one attached hydrogen (secondary N) is 1. The van der Waals surface area contributed by atoms with Crippen molar-refractivity contribution in [2.75, 3.05) is 11.9 Å². The summed E-state index contributed by atoms with van der Waals surface area (Å²) in [5.41, 5.74) is 1.49. The maximum atomic E-state index is 11.7. The normalized spacial score (nSPS) is 10.1. The van der Waals surface area contributed by atoms with Crippen molar-refractivity contribution in [3.63, 3.8) is 0 Å². The van der Waals surface area contributed by atoms with Crippen LogP contribution < -0.4 is 5.32 Å². The molecule has 0 saturated carbocycles. The largest absolute Gasteiger partial charge is 0.451 e. The van der Waals surface area contributed by atoms with E-state index < -0.39 is 11.9 Å². The molecule has 1 aromatic carbocycles. The van der Waals surface area contributed by atoms with Gasteiger partial charge in [-0.2, -0.15) is 0 Å². The molecule has 0 aliphatic rings. The minimum Gasteiger partial charge on any atom is -0.451 e. The number of rotatable bonds is 4. The Hall–Kier alpha value is -1.85. The van der Waals surface area contributed by atoms with E-state index in [-0.39, 0.29) is 6.61 Å². The number of thiophene rings is 1. The summed E-state index contributed by atoms with van der Waals surface area (Å²) in [6.45, 7) is 1.56. The minimum absolute atomic E-state index is 0.346. The molecule has 2 rings (SSSR count). The molecule has 0 aliphatic heterocycles. The Morgan fingerprint density at radius 3 is 2.80 bits per heavy atom. The number of hydrogen-bond acceptors (Lipinski definition) is 4. The van der Waals surface area contributed by atoms with Crippen molar-refractivity contribution in [2.24, 2.45) is 0 Å². The summed E-state index contributed by atoms with van der Waals surface area (Å²) in [5, 5.41) is 4.81. The van der Waals surface area contributed by atoms with Gasteiger partial charge in [0, 0.05) is 0 Å². The van der Waals surface area contributed by atoms with E-state index >= 15 is 0 Å². The predicted octanol–water partition coefficient (Wildman–Crippen LogP) is 3.51. The molecule has 0 aliphatic carbocycles. The lowest BCUT2D eigenvalue weighted by molar-refractivity contribution is -0.119. The van der Waals surface area contributed by atoms with Gasteiger partial charge in [-0.3, -0.25) is 4.79 Å². The zero-order chi connectivity index (χ0) is 14.5. The Kier molecular flexibility index (Phi) is 4.76. The molecule has 0 fully saturated rings. The van der Waals surface area contributed by atoms with E-state index in [9.17, 15) is 9.59 Å². The van der Waals surface area contributed by atoms with E-state index in [4.69, 9.17) is 16.3 Å². The average Bonchev–Trinajstić information content (AvgIpc) is 2.93. The Balaban J connectivity index is 1.88. The second kappa shape index (κ2) is 6.54. The van der Waals surface area contributed by atoms with Crippen molar-refractivity contribution < 1.29 is 14.3 Å². The molecule has 0 saturated heterocycles. The molecule has 1 amide bonds. The molecule has 1 heterocycles. The van der Waals surface area contributed by atoms with Crippen molar-refractivity contribution in [3.05, 3.63) is 51.2 Å². The fourth-order valence-electron chi connectivity index (χ4n) is 1.50. The zero-order valence-corrected chi connectivity index (χ0v) is 12.3. The van der Waals surface area contributed by atoms with Crippen LogP contribution in [0.1, 0.15) is 15.2 Å². The van der Waals surface area contributed by atoms with Crippen LogP contribution in [0.15, 0.2) is 35.7 Å². The summed E-state index contributed by atoms with van der Waals surface area (Å²) >= 11 is 7.26. The van der Waals surface area contributed by atoms with Gasteiger partial charge in [-0.1, -0.05) is 23.7 Å². The van der Waals surface area contributed by atoms with Crippen LogP contribution in [0.4, 0.5) is 5.69 Å². The SMILES string of the molecule is Cc1ccc(NC(=O)COC(=O)c2cccs2)c(Cl)c1. The van der Waals surface area contributed by atoms with Crippen molar-refractivity contribution in [3.8, 4) is 0 Å². The highest BCUT2D eigenvalue weighted by molar-refractivity contribution is 7.11. The molecule has 0 radical (unpaired) electrons. The molecule has 20 heavy (non-hydrogen) atoms. The molecule has 0 bridgehead atoms. The zero-order valence-electron chi connectivity index (χ0n) is 10.7. The van der Waals surface area contributed by atoms with Crippen LogP contribution in [-0.2, 0) is 9.53 Å². The van der Waals surface area contributed by atoms with Gasteiger partial charge in [0.15, 0.2) is 6.61 Å². The lowest BCUT2D eigenvalue weighted by atomic mass is 10.2. The molecule has 6 heteroatoms. The molecular formula is C14H12ClNO3S. The summed E-state index contributed by atoms with van der Waals surface area (Å²) in [4.78, 5) is 23.7. The maximum Gasteiger partial charge on any atom is 0.348 e. The van der Waals surface area contributed by atoms with Crippen LogP contribution in [0.3, 0.4) is 0 Å². The maximum absolute atomic E-state index is 11.7. The van der Waals surface area contributed by atoms with Gasteiger partial charge in [0.25, 0.3) is 5.91 Å². The number of amides is 1. The molecular weight excluding hydrogens is 298 g/mol. The monoisotopic (exact) mass is 309 g/mol. The number of anilines is 1. The third-order valence-electron chi connectivity index (χ3n) is 2.46. The average molecular weight is 310 g/mol. The van der Waals surface area contributed by atoms with Gasteiger partial charge in [0.1, 0.15) is 4.88 Å². The lowest BCUT2D eigenvalue weighted by Gasteiger charge is -2.08. The Morgan fingerprint density at radius 2 is 2.15 bits per heavy atom. The fraction of sp³-hybridized carbons (Fsp3) is 0.143. The van der Waals surface area contributed by atoms with E-state index in [1.54, 1.807) is 29.6 Å². The van der Waals surface area contributed by atoms with Crippen molar-refractivity contribution in [1.29, 1.82) is 0 Å². The highest BCUT2D eigenvalue weighted by Crippen LogP contribution is 2.22. The Morgan fingerprint density at radius 1 is 1.35 bits per heavy atom. The van der Waals surface area contributed by atoms with Crippen molar-refractivity contribution >= 4 is 40.5 Å². The fourth-order valence-corrected chi connectivity index (χ4v) is 2.40. The smallest absolute Gasteiger partial charge is 0.348 e. The van der Waals surface area contributed by atoms with E-state index in [1.165, 1.54) is 11.3 Å². The number of ether oxygens (including phenoxy) is 1. The Bertz CT molecular complexity index is 625. The van der Waals surface area contributed by atoms with Gasteiger partial charge in [-0.15, -0.1) is 11.3 Å². The number of esters is 1. The number of hydrogen-bond donors (Lipinski definition) is 1. The van der Waals surface area contributed by atoms with Gasteiger partial charge in [-0.05, 0) is 36.1 Å². The Labute approximate surface area is 125 Å². The summed E-state index contributed by atoms with van der Waals surface area (Å²) < 4.78 is 4.90. The van der Waals surface area contributed by atoms with E-state index in [1.807, 2.05) is 13.0 Å². The van der Waals surface area contributed by atoms with Crippen LogP contribution in [0.25, 0.3) is 0 Å². The molecule has 1 aromatic heterocycles. The van der Waals surface area contributed by atoms with Gasteiger partial charge in [0.2, 0.25) is 0 Å². The van der Waals surface area contributed by atoms with Crippen molar-refractivity contribution in [2.45, 2.75) is 6.92 Å². The minimum atomic E-state index is -0.509. The molecule has 0 atom stereocenters. The predicted molar refractivity (Wildman–Crippen MR) is 79.4 cm³/mol. The van der Waals surface area contributed by atoms with Crippen LogP contribution in [-0.4, -0.2) is 18.5 Å². The van der Waals surface area contributed by atoms with Crippen molar-refractivity contribution in [1.82, 2.24) is 0 Å². The summed E-state index contributed by atoms with van der Waals surface area (Å²) in [7, 11) is 0. The second-order valence-corrected chi connectivity index (χ2v) is 5.44. The topological polar surface area (TPSA) is 55.4 Å². The number of carbonyl (C=O) groups is 2. The number of carbonyl (C=O) groups excluding carboxylic acids is 2. The summed E-state index contributed by atoms with van der Waals surface area (Å²) in [5.74, 6) is -0.939. The number of benzene rings is 1. The molecule has 104 valence electrons. The van der Waals surface area contributed by atoms with Gasteiger partial charge >= 0.3 is 5.97 Å². The van der Waals surface area contributed by atoms with Crippen LogP contribution >= 0.6 is 22.9 Å². The quantitative estimate of drug-likeness (QED) is 0.879. The first kappa shape index (κ1) is 14.6. The highest BCUT2D eigenvalue weighted by atomic mass is 35.5. The first-order valence-corrected chi connectivity index (χ1v) is 7.08. The molecule has 2 aromatic rings. The second-order valence-electron chi connectivity index (χ2n) is 4.08. The third-order valence-corrected chi connectivity index (χ3v) is 3.62. The molecule has 1 N–H and O–H groups in total. The lowest BCUT2D eigenvalue weighted by Crippen LogP contribution is -2.20. The standard InChI is InChI=1S/C14H12ClNO3S/c1-9-4-5-11(10(15)7-9)16-13(17)8-19-14(18)12-3-2-6-20-12/h2-7H,8H2,1H3,(H,16,17). The number of halogens is 1. The molecule has 0 spiro atoms. The van der Waals surface area contributed by atoms with Crippen LogP contribution in [0, 0.1) is 6.92 Å². The van der Waals surface area contributed by atoms with E-state index in [2.05, 4.69) is 5.32 Å². The molecule has 0 unspecified atom stereocenters. The summed E-state index contributed by atoms with van der Waals surface area (Å²) in [6, 6.07) is 8.67. The van der Waals surface area contributed by atoms with Gasteiger partial charge in [-0.25, -0.2) is 4.79 Å². The third kappa shape index (κ3) is 3.82. The van der Waals surface area contributed by atoms with Crippen LogP contribution in [0.2, 0.25) is 5.02 Å². The molecule has 4 nitrogen and oxygen atoms in total.